The molecule has 10 heteroatoms. The Balaban J connectivity index is 3.19. The van der Waals surface area contributed by atoms with Crippen LogP contribution in [0.25, 0.3) is 0 Å². The number of benzene rings is 1. The van der Waals surface area contributed by atoms with Crippen LogP contribution < -0.4 is 26.7 Å². The van der Waals surface area contributed by atoms with Gasteiger partial charge >= 0.3 is 0 Å². The molecule has 0 amide bonds. The van der Waals surface area contributed by atoms with E-state index in [1.54, 1.807) is 6.07 Å². The van der Waals surface area contributed by atoms with E-state index in [1.807, 2.05) is 0 Å². The summed E-state index contributed by atoms with van der Waals surface area (Å²) < 4.78 is 29.9. The number of rotatable bonds is 4. The Kier molecular flexibility index (Phi) is 4.75. The third-order valence-electron chi connectivity index (χ3n) is 1.97. The zero-order chi connectivity index (χ0) is 15.3. The number of aliphatic imine (C=N–C) groups is 2. The van der Waals surface area contributed by atoms with E-state index in [2.05, 4.69) is 14.7 Å². The Morgan fingerprint density at radius 1 is 1.30 bits per heavy atom. The summed E-state index contributed by atoms with van der Waals surface area (Å²) in [6.07, 6.45) is 1.02. The molecule has 0 atom stereocenters. The predicted octanol–water partition coefficient (Wildman–Crippen LogP) is -0.714. The number of guanidine groups is 2. The fraction of sp³-hybridized carbons (Fsp3) is 0.200. The fourth-order valence-electron chi connectivity index (χ4n) is 1.33. The first kappa shape index (κ1) is 15.6. The van der Waals surface area contributed by atoms with E-state index in [1.165, 1.54) is 19.2 Å². The van der Waals surface area contributed by atoms with E-state index in [0.717, 1.165) is 6.26 Å². The number of hydrogen-bond acceptors (Lipinski definition) is 4. The number of hydrogen-bond donors (Lipinski definition) is 4. The average Bonchev–Trinajstić information content (AvgIpc) is 2.25. The van der Waals surface area contributed by atoms with Crippen LogP contribution >= 0.6 is 0 Å². The van der Waals surface area contributed by atoms with Gasteiger partial charge in [0.2, 0.25) is 16.0 Å². The van der Waals surface area contributed by atoms with E-state index in [-0.39, 0.29) is 17.6 Å². The Labute approximate surface area is 116 Å². The van der Waals surface area contributed by atoms with Crippen LogP contribution in [0.15, 0.2) is 28.2 Å². The summed E-state index contributed by atoms with van der Waals surface area (Å²) in [6.45, 7) is 0. The molecule has 1 rings (SSSR count). The number of sulfonamides is 1. The molecule has 0 fully saturated rings. The summed E-state index contributed by atoms with van der Waals surface area (Å²) in [7, 11) is -2.04. The molecule has 0 aliphatic rings. The van der Waals surface area contributed by atoms with Crippen LogP contribution in [0.4, 0.5) is 11.4 Å². The highest BCUT2D eigenvalue weighted by atomic mass is 32.2. The summed E-state index contributed by atoms with van der Waals surface area (Å²) in [6, 6.07) is 4.55. The molecule has 0 spiro atoms. The van der Waals surface area contributed by atoms with Gasteiger partial charge in [0.05, 0.1) is 24.7 Å². The van der Waals surface area contributed by atoms with E-state index >= 15 is 0 Å². The lowest BCUT2D eigenvalue weighted by molar-refractivity contribution is 0.417. The number of nitrogens with zero attached hydrogens (tertiary/aromatic N) is 2. The van der Waals surface area contributed by atoms with Crippen molar-refractivity contribution in [2.45, 2.75) is 0 Å². The average molecular weight is 300 g/mol. The number of ether oxygens (including phenoxy) is 1. The maximum atomic E-state index is 11.3. The quantitative estimate of drug-likeness (QED) is 0.424. The summed E-state index contributed by atoms with van der Waals surface area (Å²) in [5.41, 5.74) is 16.4. The number of methoxy groups -OCH3 is 1. The Morgan fingerprint density at radius 2 is 1.95 bits per heavy atom. The van der Waals surface area contributed by atoms with E-state index in [4.69, 9.17) is 21.9 Å². The van der Waals surface area contributed by atoms with E-state index in [0.29, 0.717) is 11.4 Å². The summed E-state index contributed by atoms with van der Waals surface area (Å²) >= 11 is 0. The summed E-state index contributed by atoms with van der Waals surface area (Å²) in [5.74, 6) is -0.0375. The second kappa shape index (κ2) is 6.10. The Morgan fingerprint density at radius 3 is 2.45 bits per heavy atom. The Bertz CT molecular complexity index is 649. The third kappa shape index (κ3) is 5.02. The van der Waals surface area contributed by atoms with Crippen molar-refractivity contribution < 1.29 is 13.2 Å². The van der Waals surface area contributed by atoms with Gasteiger partial charge in [-0.15, -0.1) is 0 Å². The first-order chi connectivity index (χ1) is 9.21. The first-order valence-electron chi connectivity index (χ1n) is 5.31. The van der Waals surface area contributed by atoms with Crippen LogP contribution in [0.3, 0.4) is 0 Å². The third-order valence-corrected chi connectivity index (χ3v) is 2.56. The zero-order valence-corrected chi connectivity index (χ0v) is 11.8. The lowest BCUT2D eigenvalue weighted by Crippen LogP contribution is -2.26. The molecule has 9 nitrogen and oxygen atoms in total. The van der Waals surface area contributed by atoms with Gasteiger partial charge in [-0.2, -0.15) is 4.99 Å². The summed E-state index contributed by atoms with van der Waals surface area (Å²) in [4.78, 5) is 7.47. The minimum absolute atomic E-state index is 0.152. The number of anilines is 1. The van der Waals surface area contributed by atoms with Crippen LogP contribution in [0, 0.1) is 0 Å². The van der Waals surface area contributed by atoms with Crippen LogP contribution in [0.1, 0.15) is 0 Å². The lowest BCUT2D eigenvalue weighted by Gasteiger charge is -2.10. The van der Waals surface area contributed by atoms with Crippen molar-refractivity contribution in [1.82, 2.24) is 0 Å². The zero-order valence-electron chi connectivity index (χ0n) is 11.0. The van der Waals surface area contributed by atoms with Gasteiger partial charge in [0, 0.05) is 0 Å². The number of nitrogens with one attached hydrogen (secondary N) is 1. The molecule has 0 radical (unpaired) electrons. The van der Waals surface area contributed by atoms with Gasteiger partial charge in [-0.05, 0) is 18.2 Å². The minimum Gasteiger partial charge on any atom is -0.495 e. The van der Waals surface area contributed by atoms with Crippen LogP contribution in [-0.4, -0.2) is 33.7 Å². The first-order valence-corrected chi connectivity index (χ1v) is 7.20. The smallest absolute Gasteiger partial charge is 0.229 e. The molecule has 1 aromatic rings. The molecule has 0 aromatic heterocycles. The van der Waals surface area contributed by atoms with Crippen molar-refractivity contribution in [3.05, 3.63) is 18.2 Å². The second-order valence-corrected chi connectivity index (χ2v) is 5.51. The van der Waals surface area contributed by atoms with Gasteiger partial charge in [0.25, 0.3) is 0 Å². The van der Waals surface area contributed by atoms with Gasteiger partial charge in [0.15, 0.2) is 5.96 Å². The van der Waals surface area contributed by atoms with Crippen molar-refractivity contribution in [3.8, 4) is 5.75 Å². The molecule has 0 aliphatic carbocycles. The molecule has 0 saturated carbocycles. The molecule has 0 heterocycles. The lowest BCUT2D eigenvalue weighted by atomic mass is 10.2. The molecule has 20 heavy (non-hydrogen) atoms. The highest BCUT2D eigenvalue weighted by Crippen LogP contribution is 2.29. The second-order valence-electron chi connectivity index (χ2n) is 3.77. The van der Waals surface area contributed by atoms with Gasteiger partial charge in [-0.25, -0.2) is 13.4 Å². The SMILES string of the molecule is COc1ccc(N=C(N)N=C(N)N)cc1NS(C)(=O)=O. The van der Waals surface area contributed by atoms with Crippen molar-refractivity contribution in [2.24, 2.45) is 27.2 Å². The van der Waals surface area contributed by atoms with Crippen molar-refractivity contribution in [1.29, 1.82) is 0 Å². The number of nitrogens with two attached hydrogens (primary N) is 3. The largest absolute Gasteiger partial charge is 0.495 e. The molecular weight excluding hydrogens is 284 g/mol. The van der Waals surface area contributed by atoms with Gasteiger partial charge in [0.1, 0.15) is 5.75 Å². The topological polar surface area (TPSA) is 158 Å². The van der Waals surface area contributed by atoms with Gasteiger partial charge in [-0.3, -0.25) is 4.72 Å². The molecule has 0 aliphatic heterocycles. The molecule has 0 unspecified atom stereocenters. The monoisotopic (exact) mass is 300 g/mol. The molecular formula is C10H16N6O3S. The molecule has 1 aromatic carbocycles. The van der Waals surface area contributed by atoms with Crippen molar-refractivity contribution >= 4 is 33.3 Å². The molecule has 0 saturated heterocycles. The highest BCUT2D eigenvalue weighted by molar-refractivity contribution is 7.92. The normalized spacial score (nSPS) is 11.8. The maximum absolute atomic E-state index is 11.3. The Hall–Kier alpha value is -2.49. The van der Waals surface area contributed by atoms with Gasteiger partial charge < -0.3 is 21.9 Å². The standard InChI is InChI=1S/C10H16N6O3S/c1-19-8-4-3-6(14-10(13)15-9(11)12)5-7(8)16-20(2,17)18/h3-5,16H,1-2H3,(H6,11,12,13,14,15). The molecule has 7 N–H and O–H groups in total. The molecule has 0 bridgehead atoms. The van der Waals surface area contributed by atoms with Crippen molar-refractivity contribution in [3.63, 3.8) is 0 Å². The van der Waals surface area contributed by atoms with Crippen LogP contribution in [0.5, 0.6) is 5.75 Å². The fourth-order valence-corrected chi connectivity index (χ4v) is 1.89. The summed E-state index contributed by atoms with van der Waals surface area (Å²) in [5, 5.41) is 0. The maximum Gasteiger partial charge on any atom is 0.229 e. The minimum atomic E-state index is -3.45. The van der Waals surface area contributed by atoms with Crippen LogP contribution in [0.2, 0.25) is 0 Å². The van der Waals surface area contributed by atoms with Gasteiger partial charge in [-0.1, -0.05) is 0 Å². The van der Waals surface area contributed by atoms with Crippen LogP contribution in [-0.2, 0) is 10.0 Å². The highest BCUT2D eigenvalue weighted by Gasteiger charge is 2.09. The molecule has 110 valence electrons. The van der Waals surface area contributed by atoms with E-state index < -0.39 is 10.0 Å². The predicted molar refractivity (Wildman–Crippen MR) is 78.6 cm³/mol. The van der Waals surface area contributed by atoms with Crippen molar-refractivity contribution in [2.75, 3.05) is 18.1 Å². The van der Waals surface area contributed by atoms with E-state index in [9.17, 15) is 8.42 Å².